The van der Waals surface area contributed by atoms with Gasteiger partial charge in [0.2, 0.25) is 0 Å². The fraction of sp³-hybridized carbons (Fsp3) is 0.684. The molecule has 1 aliphatic rings. The van der Waals surface area contributed by atoms with Gasteiger partial charge in [0.25, 0.3) is 0 Å². The van der Waals surface area contributed by atoms with Crippen LogP contribution in [0.4, 0.5) is 4.79 Å². The monoisotopic (exact) mass is 447 g/mol. The quantitative estimate of drug-likeness (QED) is 0.333. The Bertz CT molecular complexity index is 659. The number of methoxy groups -OCH3 is 1. The van der Waals surface area contributed by atoms with Crippen LogP contribution in [0.2, 0.25) is 0 Å². The number of hydrogen-bond acceptors (Lipinski definition) is 10. The molecule has 170 valence electrons. The van der Waals surface area contributed by atoms with E-state index < -0.39 is 53.3 Å². The van der Waals surface area contributed by atoms with Crippen molar-refractivity contribution in [1.82, 2.24) is 5.32 Å². The molecular weight excluding hydrogens is 418 g/mol. The summed E-state index contributed by atoms with van der Waals surface area (Å²) < 4.78 is 25.9. The minimum atomic E-state index is -0.968. The highest BCUT2D eigenvalue weighted by molar-refractivity contribution is 8.00. The van der Waals surface area contributed by atoms with Crippen LogP contribution in [-0.4, -0.2) is 72.8 Å². The second-order valence-corrected chi connectivity index (χ2v) is 8.49. The zero-order valence-corrected chi connectivity index (χ0v) is 18.8. The lowest BCUT2D eigenvalue weighted by atomic mass is 10.1. The van der Waals surface area contributed by atoms with Gasteiger partial charge in [-0.2, -0.15) is 0 Å². The minimum absolute atomic E-state index is 0.106. The zero-order valence-electron chi connectivity index (χ0n) is 18.0. The molecule has 1 heterocycles. The SMILES string of the molecule is COC(=O)C(CSC1C=C[C@@H](OC(C)=O)C(COC(C)=O)O1)NC(=O)OC(C)(C)C. The summed E-state index contributed by atoms with van der Waals surface area (Å²) in [5.41, 5.74) is -1.26. The van der Waals surface area contributed by atoms with Gasteiger partial charge in [0.15, 0.2) is 0 Å². The summed E-state index contributed by atoms with van der Waals surface area (Å²) in [6, 6.07) is -0.968. The number of carbonyl (C=O) groups is 4. The first-order valence-corrected chi connectivity index (χ1v) is 10.3. The van der Waals surface area contributed by atoms with Crippen LogP contribution in [0, 0.1) is 0 Å². The number of carbonyl (C=O) groups excluding carboxylic acids is 4. The van der Waals surface area contributed by atoms with Crippen molar-refractivity contribution in [3.8, 4) is 0 Å². The molecular formula is C19H29NO9S. The number of nitrogens with one attached hydrogen (secondary N) is 1. The molecule has 0 fully saturated rings. The Kier molecular flexibility index (Phi) is 10.1. The van der Waals surface area contributed by atoms with Gasteiger partial charge in [-0.1, -0.05) is 0 Å². The van der Waals surface area contributed by atoms with E-state index in [9.17, 15) is 19.2 Å². The molecule has 0 saturated carbocycles. The fourth-order valence-corrected chi connectivity index (χ4v) is 3.33. The van der Waals surface area contributed by atoms with Crippen molar-refractivity contribution in [2.45, 2.75) is 63.9 Å². The van der Waals surface area contributed by atoms with E-state index in [-0.39, 0.29) is 12.4 Å². The third kappa shape index (κ3) is 9.97. The predicted molar refractivity (Wildman–Crippen MR) is 108 cm³/mol. The van der Waals surface area contributed by atoms with E-state index in [0.29, 0.717) is 0 Å². The second kappa shape index (κ2) is 11.8. The Labute approximate surface area is 179 Å². The van der Waals surface area contributed by atoms with Crippen LogP contribution >= 0.6 is 11.8 Å². The second-order valence-electron chi connectivity index (χ2n) is 7.36. The summed E-state index contributed by atoms with van der Waals surface area (Å²) in [5, 5.41) is 2.48. The van der Waals surface area contributed by atoms with Gasteiger partial charge < -0.3 is 29.0 Å². The lowest BCUT2D eigenvalue weighted by Crippen LogP contribution is -2.46. The summed E-state index contributed by atoms with van der Waals surface area (Å²) in [7, 11) is 1.21. The standard InChI is InChI=1S/C19H29NO9S/c1-11(21)26-9-15-14(27-12(2)22)7-8-16(28-15)30-10-13(17(23)25-6)20-18(24)29-19(3,4)5/h7-8,13-16H,9-10H2,1-6H3,(H,20,24)/t13?,14-,15?,16?/m1/s1. The first-order chi connectivity index (χ1) is 13.9. The summed E-state index contributed by atoms with van der Waals surface area (Å²) in [4.78, 5) is 46.4. The van der Waals surface area contributed by atoms with Crippen molar-refractivity contribution in [2.24, 2.45) is 0 Å². The van der Waals surface area contributed by atoms with Crippen LogP contribution in [0.1, 0.15) is 34.6 Å². The average molecular weight is 448 g/mol. The topological polar surface area (TPSA) is 126 Å². The van der Waals surface area contributed by atoms with Gasteiger partial charge in [-0.15, -0.1) is 11.8 Å². The van der Waals surface area contributed by atoms with Crippen molar-refractivity contribution in [3.05, 3.63) is 12.2 Å². The van der Waals surface area contributed by atoms with Crippen molar-refractivity contribution >= 4 is 35.8 Å². The van der Waals surface area contributed by atoms with E-state index in [4.69, 9.17) is 23.7 Å². The highest BCUT2D eigenvalue weighted by Crippen LogP contribution is 2.25. The van der Waals surface area contributed by atoms with E-state index in [2.05, 4.69) is 5.32 Å². The van der Waals surface area contributed by atoms with Crippen molar-refractivity contribution < 1.29 is 42.9 Å². The van der Waals surface area contributed by atoms with Crippen molar-refractivity contribution in [2.75, 3.05) is 19.5 Å². The van der Waals surface area contributed by atoms with Gasteiger partial charge in [0, 0.05) is 19.6 Å². The molecule has 3 unspecified atom stereocenters. The maximum Gasteiger partial charge on any atom is 0.408 e. The molecule has 1 rings (SSSR count). The highest BCUT2D eigenvalue weighted by atomic mass is 32.2. The number of alkyl carbamates (subject to hydrolysis) is 1. The summed E-state index contributed by atoms with van der Waals surface area (Å²) in [6.45, 7) is 7.54. The van der Waals surface area contributed by atoms with Crippen LogP contribution in [0.25, 0.3) is 0 Å². The van der Waals surface area contributed by atoms with Crippen LogP contribution in [-0.2, 0) is 38.1 Å². The Morgan fingerprint density at radius 1 is 1.13 bits per heavy atom. The van der Waals surface area contributed by atoms with E-state index in [0.717, 1.165) is 0 Å². The van der Waals surface area contributed by atoms with Crippen molar-refractivity contribution in [3.63, 3.8) is 0 Å². The number of hydrogen-bond donors (Lipinski definition) is 1. The van der Waals surface area contributed by atoms with Crippen LogP contribution < -0.4 is 5.32 Å². The van der Waals surface area contributed by atoms with E-state index in [1.807, 2.05) is 0 Å². The molecule has 4 atom stereocenters. The molecule has 0 aromatic rings. The Balaban J connectivity index is 2.75. The molecule has 0 saturated heterocycles. The maximum atomic E-state index is 12.0. The van der Waals surface area contributed by atoms with Crippen LogP contribution in [0.5, 0.6) is 0 Å². The summed E-state index contributed by atoms with van der Waals surface area (Å²) >= 11 is 1.21. The molecule has 1 aliphatic heterocycles. The first-order valence-electron chi connectivity index (χ1n) is 9.24. The molecule has 0 aliphatic carbocycles. The Morgan fingerprint density at radius 2 is 1.80 bits per heavy atom. The number of thioether (sulfide) groups is 1. The van der Waals surface area contributed by atoms with Gasteiger partial charge in [-0.25, -0.2) is 9.59 Å². The molecule has 10 nitrogen and oxygen atoms in total. The van der Waals surface area contributed by atoms with Crippen molar-refractivity contribution in [1.29, 1.82) is 0 Å². The smallest absolute Gasteiger partial charge is 0.408 e. The fourth-order valence-electron chi connectivity index (χ4n) is 2.31. The van der Waals surface area contributed by atoms with Gasteiger partial charge in [-0.05, 0) is 32.9 Å². The zero-order chi connectivity index (χ0) is 22.9. The highest BCUT2D eigenvalue weighted by Gasteiger charge is 2.32. The molecule has 0 aromatic carbocycles. The maximum absolute atomic E-state index is 12.0. The van der Waals surface area contributed by atoms with Crippen LogP contribution in [0.15, 0.2) is 12.2 Å². The van der Waals surface area contributed by atoms with E-state index in [1.165, 1.54) is 32.7 Å². The lowest BCUT2D eigenvalue weighted by Gasteiger charge is -2.31. The number of ether oxygens (including phenoxy) is 5. The average Bonchev–Trinajstić information content (AvgIpc) is 2.62. The first kappa shape index (κ1) is 25.8. The van der Waals surface area contributed by atoms with E-state index in [1.54, 1.807) is 32.9 Å². The van der Waals surface area contributed by atoms with Gasteiger partial charge in [0.05, 0.1) is 7.11 Å². The lowest BCUT2D eigenvalue weighted by molar-refractivity contribution is -0.160. The van der Waals surface area contributed by atoms with Gasteiger partial charge in [-0.3, -0.25) is 9.59 Å². The summed E-state index contributed by atoms with van der Waals surface area (Å²) in [6.07, 6.45) is 1.11. The third-order valence-corrected chi connectivity index (χ3v) is 4.61. The molecule has 0 radical (unpaired) electrons. The number of esters is 3. The van der Waals surface area contributed by atoms with Gasteiger partial charge >= 0.3 is 24.0 Å². The molecule has 0 aromatic heterocycles. The molecule has 1 N–H and O–H groups in total. The molecule has 0 spiro atoms. The Morgan fingerprint density at radius 3 is 2.33 bits per heavy atom. The number of rotatable bonds is 8. The van der Waals surface area contributed by atoms with E-state index >= 15 is 0 Å². The normalized spacial score (nSPS) is 21.9. The molecule has 30 heavy (non-hydrogen) atoms. The number of amides is 1. The minimum Gasteiger partial charge on any atom is -0.467 e. The Hall–Kier alpha value is -2.27. The third-order valence-electron chi connectivity index (χ3n) is 3.49. The summed E-state index contributed by atoms with van der Waals surface area (Å²) in [5.74, 6) is -1.51. The predicted octanol–water partition coefficient (Wildman–Crippen LogP) is 1.56. The molecule has 11 heteroatoms. The largest absolute Gasteiger partial charge is 0.467 e. The van der Waals surface area contributed by atoms with Gasteiger partial charge in [0.1, 0.15) is 35.9 Å². The van der Waals surface area contributed by atoms with Crippen LogP contribution in [0.3, 0.4) is 0 Å². The molecule has 1 amide bonds. The molecule has 0 bridgehead atoms.